The summed E-state index contributed by atoms with van der Waals surface area (Å²) in [5.74, 6) is 2.93. The van der Waals surface area contributed by atoms with E-state index in [4.69, 9.17) is 0 Å². The third kappa shape index (κ3) is 5.73. The minimum Gasteiger partial charge on any atom is -0.310 e. The summed E-state index contributed by atoms with van der Waals surface area (Å²) in [6.07, 6.45) is 2.84. The number of nitrogens with zero attached hydrogens (tertiary/aromatic N) is 1. The Morgan fingerprint density at radius 1 is 1.53 bits per heavy atom. The number of hydrogen-bond donors (Lipinski definition) is 1. The minimum atomic E-state index is 0.0283. The van der Waals surface area contributed by atoms with Crippen LogP contribution >= 0.6 is 11.8 Å². The van der Waals surface area contributed by atoms with Gasteiger partial charge in [0, 0.05) is 6.20 Å². The van der Waals surface area contributed by atoms with E-state index in [0.717, 1.165) is 17.7 Å². The number of nitrogens with one attached hydrogen (secondary N) is 1. The third-order valence-corrected chi connectivity index (χ3v) is 3.33. The molecule has 0 atom stereocenters. The second-order valence-corrected chi connectivity index (χ2v) is 5.56. The summed E-state index contributed by atoms with van der Waals surface area (Å²) in [6.45, 7) is 6.32. The van der Waals surface area contributed by atoms with Gasteiger partial charge in [0.1, 0.15) is 5.82 Å². The Morgan fingerprint density at radius 2 is 2.29 bits per heavy atom. The normalized spacial score (nSPS) is 10.6. The number of thioether (sulfide) groups is 1. The fourth-order valence-corrected chi connectivity index (χ4v) is 2.31. The van der Waals surface area contributed by atoms with Crippen molar-refractivity contribution in [3.63, 3.8) is 0 Å². The fraction of sp³-hybridized carbons (Fsp3) is 0.538. The Kier molecular flexibility index (Phi) is 6.05. The van der Waals surface area contributed by atoms with Gasteiger partial charge in [-0.15, -0.1) is 0 Å². The molecule has 1 heterocycles. The van der Waals surface area contributed by atoms with Crippen LogP contribution in [-0.4, -0.2) is 22.4 Å². The summed E-state index contributed by atoms with van der Waals surface area (Å²) < 4.78 is 0. The van der Waals surface area contributed by atoms with Crippen LogP contribution in [0.3, 0.4) is 0 Å². The van der Waals surface area contributed by atoms with Gasteiger partial charge in [-0.25, -0.2) is 4.98 Å². The topological polar surface area (TPSA) is 42.0 Å². The number of aryl methyl sites for hydroxylation is 1. The van der Waals surface area contributed by atoms with E-state index in [2.05, 4.69) is 24.1 Å². The highest BCUT2D eigenvalue weighted by Gasteiger charge is 2.05. The lowest BCUT2D eigenvalue weighted by molar-refractivity contribution is -0.113. The predicted octanol–water partition coefficient (Wildman–Crippen LogP) is 3.11. The van der Waals surface area contributed by atoms with E-state index in [0.29, 0.717) is 17.5 Å². The Morgan fingerprint density at radius 3 is 2.94 bits per heavy atom. The van der Waals surface area contributed by atoms with Crippen LogP contribution in [0.4, 0.5) is 5.82 Å². The second-order valence-electron chi connectivity index (χ2n) is 4.45. The van der Waals surface area contributed by atoms with Crippen molar-refractivity contribution in [2.24, 2.45) is 5.92 Å². The van der Waals surface area contributed by atoms with E-state index >= 15 is 0 Å². The van der Waals surface area contributed by atoms with Crippen LogP contribution in [0.2, 0.25) is 0 Å². The Hall–Kier alpha value is -1.03. The van der Waals surface area contributed by atoms with Gasteiger partial charge in [0.25, 0.3) is 0 Å². The maximum Gasteiger partial charge on any atom is 0.235 e. The van der Waals surface area contributed by atoms with Crippen molar-refractivity contribution in [3.05, 3.63) is 23.9 Å². The highest BCUT2D eigenvalue weighted by atomic mass is 32.2. The molecule has 1 amide bonds. The zero-order valence-electron chi connectivity index (χ0n) is 10.7. The summed E-state index contributed by atoms with van der Waals surface area (Å²) >= 11 is 1.67. The SMILES string of the molecule is Cc1cccnc1NC(=O)CSCCC(C)C. The van der Waals surface area contributed by atoms with E-state index in [1.165, 1.54) is 0 Å². The Bertz CT molecular complexity index is 366. The van der Waals surface area contributed by atoms with Gasteiger partial charge in [0.05, 0.1) is 5.75 Å². The summed E-state index contributed by atoms with van der Waals surface area (Å²) in [5.41, 5.74) is 0.994. The first-order valence-electron chi connectivity index (χ1n) is 5.89. The van der Waals surface area contributed by atoms with Gasteiger partial charge in [0.15, 0.2) is 0 Å². The van der Waals surface area contributed by atoms with Crippen molar-refractivity contribution in [3.8, 4) is 0 Å². The molecule has 94 valence electrons. The molecule has 0 aliphatic carbocycles. The average molecular weight is 252 g/mol. The number of anilines is 1. The zero-order valence-corrected chi connectivity index (χ0v) is 11.5. The van der Waals surface area contributed by atoms with Gasteiger partial charge in [-0.05, 0) is 36.6 Å². The molecular formula is C13H20N2OS. The van der Waals surface area contributed by atoms with Crippen molar-refractivity contribution >= 4 is 23.5 Å². The number of rotatable bonds is 6. The molecule has 0 unspecified atom stereocenters. The summed E-state index contributed by atoms with van der Waals surface area (Å²) in [4.78, 5) is 15.8. The quantitative estimate of drug-likeness (QED) is 0.791. The largest absolute Gasteiger partial charge is 0.310 e. The standard InChI is InChI=1S/C13H20N2OS/c1-10(2)6-8-17-9-12(16)15-13-11(3)5-4-7-14-13/h4-5,7,10H,6,8-9H2,1-3H3,(H,14,15,16). The molecule has 0 aliphatic rings. The van der Waals surface area contributed by atoms with Gasteiger partial charge in [-0.2, -0.15) is 11.8 Å². The maximum absolute atomic E-state index is 11.6. The number of aromatic nitrogens is 1. The van der Waals surface area contributed by atoms with Gasteiger partial charge < -0.3 is 5.32 Å². The number of pyridine rings is 1. The number of carbonyl (C=O) groups excluding carboxylic acids is 1. The Labute approximate surface area is 107 Å². The highest BCUT2D eigenvalue weighted by molar-refractivity contribution is 7.99. The molecule has 0 aromatic carbocycles. The van der Waals surface area contributed by atoms with E-state index < -0.39 is 0 Å². The Balaban J connectivity index is 2.28. The van der Waals surface area contributed by atoms with Crippen LogP contribution in [0.1, 0.15) is 25.8 Å². The molecule has 3 nitrogen and oxygen atoms in total. The molecule has 0 spiro atoms. The minimum absolute atomic E-state index is 0.0283. The van der Waals surface area contributed by atoms with E-state index in [1.54, 1.807) is 18.0 Å². The van der Waals surface area contributed by atoms with Crippen molar-refractivity contribution in [2.75, 3.05) is 16.8 Å². The van der Waals surface area contributed by atoms with Crippen LogP contribution in [-0.2, 0) is 4.79 Å². The van der Waals surface area contributed by atoms with Gasteiger partial charge in [-0.1, -0.05) is 19.9 Å². The predicted molar refractivity (Wildman–Crippen MR) is 74.4 cm³/mol. The van der Waals surface area contributed by atoms with Crippen LogP contribution < -0.4 is 5.32 Å². The summed E-state index contributed by atoms with van der Waals surface area (Å²) in [5, 5.41) is 2.83. The third-order valence-electron chi connectivity index (χ3n) is 2.34. The molecule has 0 bridgehead atoms. The van der Waals surface area contributed by atoms with E-state index in [-0.39, 0.29) is 5.91 Å². The van der Waals surface area contributed by atoms with Gasteiger partial charge in [0.2, 0.25) is 5.91 Å². The number of hydrogen-bond acceptors (Lipinski definition) is 3. The van der Waals surface area contributed by atoms with E-state index in [1.807, 2.05) is 19.1 Å². The fourth-order valence-electron chi connectivity index (χ4n) is 1.27. The van der Waals surface area contributed by atoms with Crippen molar-refractivity contribution in [1.82, 2.24) is 4.98 Å². The number of carbonyl (C=O) groups is 1. The molecule has 1 N–H and O–H groups in total. The van der Waals surface area contributed by atoms with Crippen LogP contribution in [0, 0.1) is 12.8 Å². The average Bonchev–Trinajstić information content (AvgIpc) is 2.27. The highest BCUT2D eigenvalue weighted by Crippen LogP contribution is 2.12. The van der Waals surface area contributed by atoms with Crippen LogP contribution in [0.15, 0.2) is 18.3 Å². The molecule has 17 heavy (non-hydrogen) atoms. The number of amides is 1. The maximum atomic E-state index is 11.6. The van der Waals surface area contributed by atoms with Crippen molar-refractivity contribution in [1.29, 1.82) is 0 Å². The lowest BCUT2D eigenvalue weighted by Crippen LogP contribution is -2.16. The first-order valence-corrected chi connectivity index (χ1v) is 7.04. The monoisotopic (exact) mass is 252 g/mol. The van der Waals surface area contributed by atoms with Crippen molar-refractivity contribution < 1.29 is 4.79 Å². The lowest BCUT2D eigenvalue weighted by Gasteiger charge is -2.07. The molecule has 0 saturated heterocycles. The van der Waals surface area contributed by atoms with E-state index in [9.17, 15) is 4.79 Å². The smallest absolute Gasteiger partial charge is 0.235 e. The molecule has 4 heteroatoms. The summed E-state index contributed by atoms with van der Waals surface area (Å²) in [6, 6.07) is 3.80. The van der Waals surface area contributed by atoms with Crippen molar-refractivity contribution in [2.45, 2.75) is 27.2 Å². The molecule has 0 saturated carbocycles. The lowest BCUT2D eigenvalue weighted by atomic mass is 10.2. The van der Waals surface area contributed by atoms with Crippen LogP contribution in [0.5, 0.6) is 0 Å². The zero-order chi connectivity index (χ0) is 12.7. The first-order chi connectivity index (χ1) is 8.09. The molecular weight excluding hydrogens is 232 g/mol. The van der Waals surface area contributed by atoms with Crippen LogP contribution in [0.25, 0.3) is 0 Å². The van der Waals surface area contributed by atoms with Gasteiger partial charge >= 0.3 is 0 Å². The molecule has 1 aromatic heterocycles. The molecule has 1 aromatic rings. The molecule has 0 fully saturated rings. The molecule has 0 aliphatic heterocycles. The summed E-state index contributed by atoms with van der Waals surface area (Å²) in [7, 11) is 0. The first kappa shape index (κ1) is 14.0. The molecule has 0 radical (unpaired) electrons. The molecule has 1 rings (SSSR count). The second kappa shape index (κ2) is 7.33. The van der Waals surface area contributed by atoms with Gasteiger partial charge in [-0.3, -0.25) is 4.79 Å².